The molecule has 0 spiro atoms. The standard InChI is InChI=1S/C12H23NO2S/c1-15-12(14)6-8-16-9-7-13-10-11-4-2-3-5-11/h11,13H,2-10H2,1H3. The van der Waals surface area contributed by atoms with Crippen LogP contribution in [0.25, 0.3) is 0 Å². The summed E-state index contributed by atoms with van der Waals surface area (Å²) >= 11 is 1.82. The number of carbonyl (C=O) groups is 1. The van der Waals surface area contributed by atoms with E-state index in [9.17, 15) is 4.79 Å². The summed E-state index contributed by atoms with van der Waals surface area (Å²) in [6.45, 7) is 2.24. The van der Waals surface area contributed by atoms with Gasteiger partial charge in [-0.2, -0.15) is 11.8 Å². The van der Waals surface area contributed by atoms with E-state index < -0.39 is 0 Å². The predicted molar refractivity (Wildman–Crippen MR) is 68.8 cm³/mol. The van der Waals surface area contributed by atoms with Crippen LogP contribution in [0.15, 0.2) is 0 Å². The molecule has 0 aromatic heterocycles. The Balaban J connectivity index is 1.79. The van der Waals surface area contributed by atoms with Crippen molar-refractivity contribution in [3.63, 3.8) is 0 Å². The lowest BCUT2D eigenvalue weighted by Crippen LogP contribution is -2.23. The monoisotopic (exact) mass is 245 g/mol. The van der Waals surface area contributed by atoms with Crippen LogP contribution in [0.3, 0.4) is 0 Å². The van der Waals surface area contributed by atoms with Crippen molar-refractivity contribution in [2.75, 3.05) is 31.7 Å². The molecule has 0 unspecified atom stereocenters. The molecule has 0 atom stereocenters. The van der Waals surface area contributed by atoms with Crippen LogP contribution >= 0.6 is 11.8 Å². The second-order valence-electron chi connectivity index (χ2n) is 4.29. The van der Waals surface area contributed by atoms with Gasteiger partial charge < -0.3 is 10.1 Å². The molecule has 1 rings (SSSR count). The Morgan fingerprint density at radius 2 is 2.12 bits per heavy atom. The van der Waals surface area contributed by atoms with Gasteiger partial charge in [0.05, 0.1) is 13.5 Å². The lowest BCUT2D eigenvalue weighted by Gasteiger charge is -2.09. The second-order valence-corrected chi connectivity index (χ2v) is 5.52. The third kappa shape index (κ3) is 6.38. The number of hydrogen-bond acceptors (Lipinski definition) is 4. The largest absolute Gasteiger partial charge is 0.469 e. The number of rotatable bonds is 8. The second kappa shape index (κ2) is 8.88. The van der Waals surface area contributed by atoms with Gasteiger partial charge in [-0.25, -0.2) is 0 Å². The van der Waals surface area contributed by atoms with Crippen molar-refractivity contribution in [1.29, 1.82) is 0 Å². The summed E-state index contributed by atoms with van der Waals surface area (Å²) in [5.41, 5.74) is 0. The Kier molecular flexibility index (Phi) is 7.68. The maximum absolute atomic E-state index is 10.8. The molecular weight excluding hydrogens is 222 g/mol. The van der Waals surface area contributed by atoms with Crippen molar-refractivity contribution < 1.29 is 9.53 Å². The van der Waals surface area contributed by atoms with Crippen LogP contribution in [0.4, 0.5) is 0 Å². The van der Waals surface area contributed by atoms with Gasteiger partial charge in [0, 0.05) is 18.1 Å². The van der Waals surface area contributed by atoms with Gasteiger partial charge >= 0.3 is 5.97 Å². The SMILES string of the molecule is COC(=O)CCSCCNCC1CCCC1. The van der Waals surface area contributed by atoms with E-state index in [0.717, 1.165) is 24.0 Å². The molecule has 1 aliphatic rings. The highest BCUT2D eigenvalue weighted by atomic mass is 32.2. The molecule has 16 heavy (non-hydrogen) atoms. The maximum atomic E-state index is 10.8. The van der Waals surface area contributed by atoms with Crippen molar-refractivity contribution >= 4 is 17.7 Å². The van der Waals surface area contributed by atoms with Gasteiger partial charge in [0.1, 0.15) is 0 Å². The van der Waals surface area contributed by atoms with Crippen LogP contribution in [-0.2, 0) is 9.53 Å². The lowest BCUT2D eigenvalue weighted by atomic mass is 10.1. The number of ether oxygens (including phenoxy) is 1. The Morgan fingerprint density at radius 1 is 1.38 bits per heavy atom. The molecule has 0 radical (unpaired) electrons. The summed E-state index contributed by atoms with van der Waals surface area (Å²) in [5.74, 6) is 2.77. The quantitative estimate of drug-likeness (QED) is 0.525. The van der Waals surface area contributed by atoms with Crippen molar-refractivity contribution in [1.82, 2.24) is 5.32 Å². The van der Waals surface area contributed by atoms with Gasteiger partial charge in [0.2, 0.25) is 0 Å². The minimum atomic E-state index is -0.105. The summed E-state index contributed by atoms with van der Waals surface area (Å²) in [6, 6.07) is 0. The van der Waals surface area contributed by atoms with E-state index in [0.29, 0.717) is 6.42 Å². The number of thioether (sulfide) groups is 1. The molecule has 0 heterocycles. The third-order valence-corrected chi connectivity index (χ3v) is 3.99. The number of esters is 1. The molecule has 0 aromatic rings. The first-order valence-electron chi connectivity index (χ1n) is 6.18. The molecule has 0 bridgehead atoms. The fraction of sp³-hybridized carbons (Fsp3) is 0.917. The Hall–Kier alpha value is -0.220. The fourth-order valence-corrected chi connectivity index (χ4v) is 2.83. The van der Waals surface area contributed by atoms with Gasteiger partial charge in [-0.05, 0) is 25.3 Å². The molecule has 1 N–H and O–H groups in total. The van der Waals surface area contributed by atoms with Crippen LogP contribution in [0.5, 0.6) is 0 Å². The van der Waals surface area contributed by atoms with E-state index in [2.05, 4.69) is 10.1 Å². The first kappa shape index (κ1) is 13.8. The molecule has 0 saturated heterocycles. The van der Waals surface area contributed by atoms with E-state index >= 15 is 0 Å². The molecule has 4 heteroatoms. The van der Waals surface area contributed by atoms with Crippen LogP contribution in [-0.4, -0.2) is 37.7 Å². The highest BCUT2D eigenvalue weighted by Gasteiger charge is 2.13. The highest BCUT2D eigenvalue weighted by Crippen LogP contribution is 2.23. The summed E-state index contributed by atoms with van der Waals surface area (Å²) < 4.78 is 4.58. The molecule has 0 amide bonds. The van der Waals surface area contributed by atoms with Gasteiger partial charge in [-0.1, -0.05) is 12.8 Å². The van der Waals surface area contributed by atoms with E-state index in [-0.39, 0.29) is 5.97 Å². The van der Waals surface area contributed by atoms with Gasteiger partial charge in [0.15, 0.2) is 0 Å². The molecule has 0 aromatic carbocycles. The maximum Gasteiger partial charge on any atom is 0.306 e. The normalized spacial score (nSPS) is 16.6. The summed E-state index contributed by atoms with van der Waals surface area (Å²) in [6.07, 6.45) is 6.18. The zero-order valence-electron chi connectivity index (χ0n) is 10.2. The first-order valence-corrected chi connectivity index (χ1v) is 7.33. The molecule has 1 fully saturated rings. The Bertz CT molecular complexity index is 193. The zero-order valence-corrected chi connectivity index (χ0v) is 11.0. The van der Waals surface area contributed by atoms with E-state index in [1.54, 1.807) is 0 Å². The summed E-state index contributed by atoms with van der Waals surface area (Å²) in [7, 11) is 1.44. The minimum absolute atomic E-state index is 0.105. The van der Waals surface area contributed by atoms with Gasteiger partial charge in [0.25, 0.3) is 0 Å². The summed E-state index contributed by atoms with van der Waals surface area (Å²) in [5, 5.41) is 3.49. The lowest BCUT2D eigenvalue weighted by molar-refractivity contribution is -0.140. The predicted octanol–water partition coefficient (Wildman–Crippen LogP) is 2.06. The van der Waals surface area contributed by atoms with Crippen molar-refractivity contribution in [2.24, 2.45) is 5.92 Å². The highest BCUT2D eigenvalue weighted by molar-refractivity contribution is 7.99. The van der Waals surface area contributed by atoms with Crippen molar-refractivity contribution in [2.45, 2.75) is 32.1 Å². The molecule has 0 aliphatic heterocycles. The number of methoxy groups -OCH3 is 1. The number of nitrogens with one attached hydrogen (secondary N) is 1. The Morgan fingerprint density at radius 3 is 2.81 bits per heavy atom. The number of hydrogen-bond donors (Lipinski definition) is 1. The summed E-state index contributed by atoms with van der Waals surface area (Å²) in [4.78, 5) is 10.8. The fourth-order valence-electron chi connectivity index (χ4n) is 2.02. The van der Waals surface area contributed by atoms with Gasteiger partial charge in [-0.15, -0.1) is 0 Å². The topological polar surface area (TPSA) is 38.3 Å². The average molecular weight is 245 g/mol. The van der Waals surface area contributed by atoms with Crippen molar-refractivity contribution in [3.05, 3.63) is 0 Å². The Labute approximate surface area is 103 Å². The van der Waals surface area contributed by atoms with E-state index in [1.807, 2.05) is 11.8 Å². The van der Waals surface area contributed by atoms with E-state index in [1.165, 1.54) is 39.3 Å². The first-order chi connectivity index (χ1) is 7.83. The molecule has 3 nitrogen and oxygen atoms in total. The third-order valence-electron chi connectivity index (χ3n) is 3.01. The van der Waals surface area contributed by atoms with Crippen LogP contribution in [0, 0.1) is 5.92 Å². The average Bonchev–Trinajstić information content (AvgIpc) is 2.80. The van der Waals surface area contributed by atoms with Crippen LogP contribution < -0.4 is 5.32 Å². The molecule has 1 aliphatic carbocycles. The molecular formula is C12H23NO2S. The number of carbonyl (C=O) groups excluding carboxylic acids is 1. The van der Waals surface area contributed by atoms with E-state index in [4.69, 9.17) is 0 Å². The molecule has 1 saturated carbocycles. The van der Waals surface area contributed by atoms with Crippen molar-refractivity contribution in [3.8, 4) is 0 Å². The zero-order chi connectivity index (χ0) is 11.6. The minimum Gasteiger partial charge on any atom is -0.469 e. The smallest absolute Gasteiger partial charge is 0.306 e. The van der Waals surface area contributed by atoms with Gasteiger partial charge in [-0.3, -0.25) is 4.79 Å². The van der Waals surface area contributed by atoms with Crippen LogP contribution in [0.2, 0.25) is 0 Å². The van der Waals surface area contributed by atoms with Crippen LogP contribution in [0.1, 0.15) is 32.1 Å². The molecule has 94 valence electrons.